The van der Waals surface area contributed by atoms with Crippen LogP contribution >= 0.6 is 11.6 Å². The molecule has 0 saturated carbocycles. The third-order valence-corrected chi connectivity index (χ3v) is 8.54. The van der Waals surface area contributed by atoms with Gasteiger partial charge in [-0.15, -0.1) is 0 Å². The van der Waals surface area contributed by atoms with Crippen LogP contribution in [0.1, 0.15) is 43.9 Å². The molecule has 42 heavy (non-hydrogen) atoms. The molecule has 3 rings (SSSR count). The van der Waals surface area contributed by atoms with Crippen LogP contribution in [0.5, 0.6) is 0 Å². The fourth-order valence-corrected chi connectivity index (χ4v) is 6.02. The Hall–Kier alpha value is -3.57. The van der Waals surface area contributed by atoms with E-state index >= 15 is 0 Å². The van der Waals surface area contributed by atoms with Crippen molar-refractivity contribution in [1.29, 1.82) is 0 Å². The molecular formula is C30H33ClF3N3O4S. The molecule has 12 heteroatoms. The molecule has 0 heterocycles. The molecule has 0 unspecified atom stereocenters. The average Bonchev–Trinajstić information content (AvgIpc) is 2.92. The van der Waals surface area contributed by atoms with Crippen LogP contribution in [-0.4, -0.2) is 43.8 Å². The van der Waals surface area contributed by atoms with E-state index in [9.17, 15) is 31.2 Å². The van der Waals surface area contributed by atoms with Crippen LogP contribution in [0.3, 0.4) is 0 Å². The quantitative estimate of drug-likeness (QED) is 0.276. The lowest BCUT2D eigenvalue weighted by Gasteiger charge is -2.34. The monoisotopic (exact) mass is 623 g/mol. The molecule has 3 aromatic rings. The molecule has 0 aromatic heterocycles. The van der Waals surface area contributed by atoms with Gasteiger partial charge in [0.1, 0.15) is 12.6 Å². The molecule has 0 fully saturated rings. The molecule has 0 spiro atoms. The van der Waals surface area contributed by atoms with Crippen molar-refractivity contribution >= 4 is 39.1 Å². The SMILES string of the molecule is CC[C@@H](C(=O)NC(C)C)N(Cc1ccc(C)cc1)C(=O)CN(c1cc(C(F)(F)F)ccc1Cl)S(=O)(=O)c1ccccc1. The first-order valence-corrected chi connectivity index (χ1v) is 15.1. The number of carbonyl (C=O) groups is 2. The van der Waals surface area contributed by atoms with Gasteiger partial charge in [0.05, 0.1) is 21.2 Å². The zero-order valence-corrected chi connectivity index (χ0v) is 25.2. The number of benzene rings is 3. The van der Waals surface area contributed by atoms with Crippen molar-refractivity contribution in [2.75, 3.05) is 10.8 Å². The number of hydrogen-bond acceptors (Lipinski definition) is 4. The summed E-state index contributed by atoms with van der Waals surface area (Å²) in [5, 5.41) is 2.49. The number of nitrogens with one attached hydrogen (secondary N) is 1. The van der Waals surface area contributed by atoms with Crippen molar-refractivity contribution in [2.45, 2.75) is 63.8 Å². The third-order valence-electron chi connectivity index (χ3n) is 6.44. The Bertz CT molecular complexity index is 1500. The maximum absolute atomic E-state index is 14.0. The van der Waals surface area contributed by atoms with Crippen molar-refractivity contribution in [3.05, 3.63) is 94.5 Å². The van der Waals surface area contributed by atoms with Crippen LogP contribution in [0, 0.1) is 6.92 Å². The van der Waals surface area contributed by atoms with Crippen LogP contribution in [0.25, 0.3) is 0 Å². The summed E-state index contributed by atoms with van der Waals surface area (Å²) in [4.78, 5) is 28.2. The summed E-state index contributed by atoms with van der Waals surface area (Å²) >= 11 is 6.28. The summed E-state index contributed by atoms with van der Waals surface area (Å²) in [5.41, 5.74) is 0.000352. The van der Waals surface area contributed by atoms with Crippen molar-refractivity contribution in [1.82, 2.24) is 10.2 Å². The van der Waals surface area contributed by atoms with Gasteiger partial charge in [-0.3, -0.25) is 13.9 Å². The Kier molecular flexibility index (Phi) is 10.7. The summed E-state index contributed by atoms with van der Waals surface area (Å²) in [7, 11) is -4.58. The minimum Gasteiger partial charge on any atom is -0.352 e. The van der Waals surface area contributed by atoms with Crippen molar-refractivity contribution < 1.29 is 31.2 Å². The summed E-state index contributed by atoms with van der Waals surface area (Å²) in [6.45, 7) is 6.18. The maximum Gasteiger partial charge on any atom is 0.416 e. The molecule has 1 N–H and O–H groups in total. The largest absolute Gasteiger partial charge is 0.416 e. The number of hydrogen-bond donors (Lipinski definition) is 1. The molecule has 0 aliphatic rings. The van der Waals surface area contributed by atoms with E-state index in [2.05, 4.69) is 5.32 Å². The molecule has 0 aliphatic carbocycles. The summed E-state index contributed by atoms with van der Waals surface area (Å²) in [6, 6.07) is 15.3. The molecule has 2 amide bonds. The number of aryl methyl sites for hydroxylation is 1. The fraction of sp³-hybridized carbons (Fsp3) is 0.333. The Balaban J connectivity index is 2.15. The van der Waals surface area contributed by atoms with Gasteiger partial charge < -0.3 is 10.2 Å². The van der Waals surface area contributed by atoms with E-state index in [1.54, 1.807) is 39.0 Å². The molecule has 7 nitrogen and oxygen atoms in total. The van der Waals surface area contributed by atoms with Crippen molar-refractivity contribution in [2.24, 2.45) is 0 Å². The molecule has 0 saturated heterocycles. The van der Waals surface area contributed by atoms with E-state index in [4.69, 9.17) is 11.6 Å². The molecular weight excluding hydrogens is 591 g/mol. The van der Waals surface area contributed by atoms with E-state index in [-0.39, 0.29) is 28.9 Å². The van der Waals surface area contributed by atoms with Crippen LogP contribution in [0.2, 0.25) is 5.02 Å². The summed E-state index contributed by atoms with van der Waals surface area (Å²) in [6.07, 6.45) is -4.60. The number of rotatable bonds is 11. The smallest absolute Gasteiger partial charge is 0.352 e. The predicted molar refractivity (Wildman–Crippen MR) is 157 cm³/mol. The first-order valence-electron chi connectivity index (χ1n) is 13.2. The predicted octanol–water partition coefficient (Wildman–Crippen LogP) is 6.19. The first kappa shape index (κ1) is 32.9. The lowest BCUT2D eigenvalue weighted by molar-refractivity contribution is -0.140. The molecule has 3 aromatic carbocycles. The molecule has 1 atom stereocenters. The van der Waals surface area contributed by atoms with E-state index < -0.39 is 51.9 Å². The fourth-order valence-electron chi connectivity index (χ4n) is 4.30. The molecule has 0 aliphatic heterocycles. The highest BCUT2D eigenvalue weighted by Crippen LogP contribution is 2.37. The van der Waals surface area contributed by atoms with Gasteiger partial charge >= 0.3 is 6.18 Å². The highest BCUT2D eigenvalue weighted by Gasteiger charge is 2.37. The van der Waals surface area contributed by atoms with Crippen molar-refractivity contribution in [3.8, 4) is 0 Å². The minimum absolute atomic E-state index is 0.0430. The van der Waals surface area contributed by atoms with Gasteiger partial charge in [-0.1, -0.05) is 66.6 Å². The van der Waals surface area contributed by atoms with Crippen LogP contribution < -0.4 is 9.62 Å². The highest BCUT2D eigenvalue weighted by atomic mass is 35.5. The Morgan fingerprint density at radius 2 is 1.60 bits per heavy atom. The van der Waals surface area contributed by atoms with Gasteiger partial charge in [0.25, 0.3) is 10.0 Å². The topological polar surface area (TPSA) is 86.8 Å². The van der Waals surface area contributed by atoms with Gasteiger partial charge in [0.15, 0.2) is 0 Å². The van der Waals surface area contributed by atoms with Crippen LogP contribution in [0.4, 0.5) is 18.9 Å². The van der Waals surface area contributed by atoms with Gasteiger partial charge in [0, 0.05) is 12.6 Å². The minimum atomic E-state index is -4.80. The standard InChI is InChI=1S/C30H33ClF3N3O4S/c1-5-26(29(39)35-20(2)3)36(18-22-13-11-21(4)12-14-22)28(38)19-37(42(40,41)24-9-7-6-8-10-24)27-17-23(30(32,33)34)15-16-25(27)31/h6-17,20,26H,5,18-19H2,1-4H3,(H,35,39)/t26-/m0/s1. The molecule has 0 radical (unpaired) electrons. The Labute approximate surface area is 249 Å². The van der Waals surface area contributed by atoms with Crippen molar-refractivity contribution in [3.63, 3.8) is 0 Å². The second kappa shape index (κ2) is 13.6. The van der Waals surface area contributed by atoms with Gasteiger partial charge in [-0.25, -0.2) is 8.42 Å². The highest BCUT2D eigenvalue weighted by molar-refractivity contribution is 7.92. The maximum atomic E-state index is 14.0. The van der Waals surface area contributed by atoms with Gasteiger partial charge in [-0.05, 0) is 63.1 Å². The number of anilines is 1. The van der Waals surface area contributed by atoms with E-state index in [0.29, 0.717) is 15.9 Å². The number of sulfonamides is 1. The van der Waals surface area contributed by atoms with Crippen LogP contribution in [-0.2, 0) is 32.3 Å². The molecule has 226 valence electrons. The zero-order valence-electron chi connectivity index (χ0n) is 23.7. The summed E-state index contributed by atoms with van der Waals surface area (Å²) in [5.74, 6) is -1.24. The average molecular weight is 624 g/mol. The van der Waals surface area contributed by atoms with E-state index in [1.807, 2.05) is 19.1 Å². The number of alkyl halides is 3. The number of carbonyl (C=O) groups excluding carboxylic acids is 2. The first-order chi connectivity index (χ1) is 19.6. The normalized spacial score (nSPS) is 12.6. The summed E-state index contributed by atoms with van der Waals surface area (Å²) < 4.78 is 69.2. The second-order valence-corrected chi connectivity index (χ2v) is 12.4. The zero-order chi connectivity index (χ0) is 31.2. The lowest BCUT2D eigenvalue weighted by atomic mass is 10.1. The Morgan fingerprint density at radius 1 is 0.976 bits per heavy atom. The number of nitrogens with zero attached hydrogens (tertiary/aromatic N) is 2. The second-order valence-electron chi connectivity index (χ2n) is 10.1. The van der Waals surface area contributed by atoms with E-state index in [0.717, 1.165) is 17.7 Å². The van der Waals surface area contributed by atoms with Gasteiger partial charge in [0.2, 0.25) is 11.8 Å². The van der Waals surface area contributed by atoms with Crippen LogP contribution in [0.15, 0.2) is 77.7 Å². The Morgan fingerprint density at radius 3 is 2.14 bits per heavy atom. The third kappa shape index (κ3) is 8.04. The number of amides is 2. The van der Waals surface area contributed by atoms with E-state index in [1.165, 1.54) is 29.2 Å². The lowest BCUT2D eigenvalue weighted by Crippen LogP contribution is -2.53. The molecule has 0 bridgehead atoms. The number of halogens is 4. The van der Waals surface area contributed by atoms with Gasteiger partial charge in [-0.2, -0.15) is 13.2 Å².